The zero-order chi connectivity index (χ0) is 23.9. The Morgan fingerprint density at radius 3 is 2.70 bits per heavy atom. The number of aliphatic carboxylic acids is 1. The number of anilines is 1. The highest BCUT2D eigenvalue weighted by atomic mass is 32.2. The fraction of sp³-hybridized carbons (Fsp3) is 0.409. The summed E-state index contributed by atoms with van der Waals surface area (Å²) in [4.78, 5) is 45.8. The van der Waals surface area contributed by atoms with E-state index in [4.69, 9.17) is 27.0 Å². The Labute approximate surface area is 200 Å². The second-order valence-electron chi connectivity index (χ2n) is 8.18. The molecule has 2 aliphatic heterocycles. The number of thiocarbonyl (C=S) groups is 1. The molecule has 2 aromatic rings. The van der Waals surface area contributed by atoms with Gasteiger partial charge in [-0.15, -0.1) is 0 Å². The third kappa shape index (κ3) is 4.66. The van der Waals surface area contributed by atoms with Crippen LogP contribution in [0.3, 0.4) is 0 Å². The lowest BCUT2D eigenvalue weighted by Crippen LogP contribution is -2.46. The second kappa shape index (κ2) is 9.24. The number of pyridine rings is 1. The molecule has 0 bridgehead atoms. The molecule has 0 aliphatic carbocycles. The van der Waals surface area contributed by atoms with Gasteiger partial charge in [0, 0.05) is 25.8 Å². The molecule has 0 unspecified atom stereocenters. The van der Waals surface area contributed by atoms with Gasteiger partial charge in [0.15, 0.2) is 0 Å². The Morgan fingerprint density at radius 1 is 1.33 bits per heavy atom. The van der Waals surface area contributed by atoms with Crippen molar-refractivity contribution in [1.82, 2.24) is 14.3 Å². The van der Waals surface area contributed by atoms with Gasteiger partial charge in [-0.1, -0.05) is 30.0 Å². The van der Waals surface area contributed by atoms with Crippen molar-refractivity contribution in [1.29, 1.82) is 0 Å². The Bertz CT molecular complexity index is 1230. The topological polar surface area (TPSA) is 104 Å². The molecular weight excluding hydrogens is 464 g/mol. The number of aromatic nitrogens is 2. The Balaban J connectivity index is 1.83. The fourth-order valence-corrected chi connectivity index (χ4v) is 5.34. The third-order valence-corrected chi connectivity index (χ3v) is 6.86. The van der Waals surface area contributed by atoms with Gasteiger partial charge in [0.25, 0.3) is 11.5 Å². The molecule has 174 valence electrons. The molecule has 11 heteroatoms. The number of aryl methyl sites for hydroxylation is 1. The van der Waals surface area contributed by atoms with Crippen molar-refractivity contribution >= 4 is 57.7 Å². The van der Waals surface area contributed by atoms with Crippen LogP contribution in [0.5, 0.6) is 0 Å². The number of rotatable bonds is 5. The van der Waals surface area contributed by atoms with Crippen LogP contribution >= 0.6 is 24.0 Å². The van der Waals surface area contributed by atoms with Gasteiger partial charge in [0.05, 0.1) is 29.1 Å². The number of nitrogens with zero attached hydrogens (tertiary/aromatic N) is 4. The molecule has 0 spiro atoms. The number of thioether (sulfide) groups is 1. The SMILES string of the molecule is Cc1cccn2c(=O)c(/C=C3\SC(=S)N(CCC(=O)O)C3=O)c(N3C[C@H](C)O[C@@H](C)C3)nc12. The Hall–Kier alpha value is -2.76. The summed E-state index contributed by atoms with van der Waals surface area (Å²) in [6.45, 7) is 6.92. The van der Waals surface area contributed by atoms with Crippen LogP contribution in [-0.4, -0.2) is 67.4 Å². The molecule has 2 saturated heterocycles. The van der Waals surface area contributed by atoms with Gasteiger partial charge >= 0.3 is 5.97 Å². The lowest BCUT2D eigenvalue weighted by Gasteiger charge is -2.36. The van der Waals surface area contributed by atoms with Crippen molar-refractivity contribution in [2.45, 2.75) is 39.4 Å². The molecule has 0 saturated carbocycles. The van der Waals surface area contributed by atoms with Gasteiger partial charge in [-0.2, -0.15) is 0 Å². The standard InChI is InChI=1S/C22H24N4O5S2/c1-12-5-4-7-25-18(12)23-19(24-10-13(2)31-14(3)11-24)15(20(25)29)9-16-21(30)26(22(32)33-16)8-6-17(27)28/h4-5,7,9,13-14H,6,8,10-11H2,1-3H3,(H,27,28)/b16-9-/t13-,14-/m0/s1. The number of fused-ring (bicyclic) bond motifs is 1. The highest BCUT2D eigenvalue weighted by Crippen LogP contribution is 2.34. The van der Waals surface area contributed by atoms with E-state index in [0.29, 0.717) is 24.6 Å². The minimum absolute atomic E-state index is 0.0170. The van der Waals surface area contributed by atoms with Gasteiger partial charge in [-0.3, -0.25) is 23.7 Å². The van der Waals surface area contributed by atoms with Gasteiger partial charge in [0.2, 0.25) is 0 Å². The van der Waals surface area contributed by atoms with Crippen LogP contribution in [0, 0.1) is 6.92 Å². The maximum atomic E-state index is 13.6. The summed E-state index contributed by atoms with van der Waals surface area (Å²) in [5.74, 6) is -0.931. The molecule has 2 aliphatic rings. The first-order valence-corrected chi connectivity index (χ1v) is 11.8. The number of amides is 1. The van der Waals surface area contributed by atoms with E-state index >= 15 is 0 Å². The zero-order valence-corrected chi connectivity index (χ0v) is 20.1. The van der Waals surface area contributed by atoms with E-state index in [2.05, 4.69) is 0 Å². The lowest BCUT2D eigenvalue weighted by atomic mass is 10.1. The van der Waals surface area contributed by atoms with E-state index in [0.717, 1.165) is 17.3 Å². The third-order valence-electron chi connectivity index (χ3n) is 5.48. The van der Waals surface area contributed by atoms with Crippen LogP contribution in [0.1, 0.15) is 31.4 Å². The molecular formula is C22H24N4O5S2. The summed E-state index contributed by atoms with van der Waals surface area (Å²) in [7, 11) is 0. The maximum Gasteiger partial charge on any atom is 0.305 e. The van der Waals surface area contributed by atoms with E-state index in [1.54, 1.807) is 12.3 Å². The predicted molar refractivity (Wildman–Crippen MR) is 131 cm³/mol. The first kappa shape index (κ1) is 23.4. The average molecular weight is 489 g/mol. The van der Waals surface area contributed by atoms with Gasteiger partial charge in [0.1, 0.15) is 15.8 Å². The number of morpholine rings is 1. The van der Waals surface area contributed by atoms with Gasteiger partial charge in [-0.05, 0) is 38.5 Å². The maximum absolute atomic E-state index is 13.6. The van der Waals surface area contributed by atoms with E-state index < -0.39 is 11.9 Å². The average Bonchev–Trinajstić information content (AvgIpc) is 3.00. The molecule has 1 amide bonds. The molecule has 0 aromatic carbocycles. The molecule has 2 atom stereocenters. The number of hydrogen-bond acceptors (Lipinski definition) is 8. The van der Waals surface area contributed by atoms with Crippen molar-refractivity contribution < 1.29 is 19.4 Å². The minimum Gasteiger partial charge on any atom is -0.481 e. The Morgan fingerprint density at radius 2 is 2.03 bits per heavy atom. The summed E-state index contributed by atoms with van der Waals surface area (Å²) >= 11 is 6.35. The first-order valence-electron chi connectivity index (χ1n) is 10.5. The van der Waals surface area contributed by atoms with Crippen molar-refractivity contribution in [3.8, 4) is 0 Å². The van der Waals surface area contributed by atoms with Crippen LogP contribution in [0.25, 0.3) is 11.7 Å². The molecule has 9 nitrogen and oxygen atoms in total. The quantitative estimate of drug-likeness (QED) is 0.501. The van der Waals surface area contributed by atoms with Crippen LogP contribution in [0.4, 0.5) is 5.82 Å². The zero-order valence-electron chi connectivity index (χ0n) is 18.5. The van der Waals surface area contributed by atoms with Crippen molar-refractivity contribution in [2.75, 3.05) is 24.5 Å². The first-order chi connectivity index (χ1) is 15.7. The minimum atomic E-state index is -1.02. The number of carboxylic acids is 1. The molecule has 4 rings (SSSR count). The molecule has 33 heavy (non-hydrogen) atoms. The van der Waals surface area contributed by atoms with Crippen LogP contribution in [-0.2, 0) is 14.3 Å². The molecule has 0 radical (unpaired) electrons. The van der Waals surface area contributed by atoms with E-state index in [9.17, 15) is 14.4 Å². The van der Waals surface area contributed by atoms with Crippen LogP contribution in [0.2, 0.25) is 0 Å². The number of ether oxygens (including phenoxy) is 1. The van der Waals surface area contributed by atoms with Gasteiger partial charge < -0.3 is 14.7 Å². The monoisotopic (exact) mass is 488 g/mol. The van der Waals surface area contributed by atoms with E-state index in [1.807, 2.05) is 31.7 Å². The van der Waals surface area contributed by atoms with E-state index in [-0.39, 0.29) is 45.5 Å². The molecule has 1 N–H and O–H groups in total. The Kier molecular flexibility index (Phi) is 6.55. The molecule has 2 aromatic heterocycles. The summed E-state index contributed by atoms with van der Waals surface area (Å²) in [5.41, 5.74) is 1.41. The number of carbonyl (C=O) groups is 2. The summed E-state index contributed by atoms with van der Waals surface area (Å²) in [5, 5.41) is 8.96. The largest absolute Gasteiger partial charge is 0.481 e. The second-order valence-corrected chi connectivity index (χ2v) is 9.85. The summed E-state index contributed by atoms with van der Waals surface area (Å²) in [6.07, 6.45) is 2.88. The normalized spacial score (nSPS) is 22.6. The van der Waals surface area contributed by atoms with Crippen LogP contribution in [0.15, 0.2) is 28.0 Å². The number of hydrogen-bond donors (Lipinski definition) is 1. The van der Waals surface area contributed by atoms with Crippen LogP contribution < -0.4 is 10.5 Å². The number of carbonyl (C=O) groups excluding carboxylic acids is 1. The molecule has 2 fully saturated rings. The summed E-state index contributed by atoms with van der Waals surface area (Å²) in [6, 6.07) is 3.67. The van der Waals surface area contributed by atoms with Gasteiger partial charge in [-0.25, -0.2) is 4.98 Å². The van der Waals surface area contributed by atoms with Crippen molar-refractivity contribution in [3.05, 3.63) is 44.7 Å². The number of carboxylic acid groups (broad SMARTS) is 1. The summed E-state index contributed by atoms with van der Waals surface area (Å²) < 4.78 is 7.59. The highest BCUT2D eigenvalue weighted by molar-refractivity contribution is 8.26. The predicted octanol–water partition coefficient (Wildman–Crippen LogP) is 2.29. The molecule has 4 heterocycles. The lowest BCUT2D eigenvalue weighted by molar-refractivity contribution is -0.137. The highest BCUT2D eigenvalue weighted by Gasteiger charge is 2.34. The van der Waals surface area contributed by atoms with E-state index in [1.165, 1.54) is 15.4 Å². The van der Waals surface area contributed by atoms with Crippen molar-refractivity contribution in [3.63, 3.8) is 0 Å². The fourth-order valence-electron chi connectivity index (χ4n) is 4.05. The van der Waals surface area contributed by atoms with Crippen molar-refractivity contribution in [2.24, 2.45) is 0 Å². The smallest absolute Gasteiger partial charge is 0.305 e.